The highest BCUT2D eigenvalue weighted by atomic mass is 16.7. The molecule has 5 nitrogen and oxygen atoms in total. The number of nitrogens with zero attached hydrogens (tertiary/aromatic N) is 2. The van der Waals surface area contributed by atoms with Crippen molar-refractivity contribution in [1.82, 2.24) is 9.97 Å². The van der Waals surface area contributed by atoms with Gasteiger partial charge >= 0.3 is 13.1 Å². The monoisotopic (exact) mass is 290 g/mol. The van der Waals surface area contributed by atoms with E-state index in [-0.39, 0.29) is 17.3 Å². The van der Waals surface area contributed by atoms with Crippen molar-refractivity contribution in [2.24, 2.45) is 0 Å². The maximum atomic E-state index is 5.98. The van der Waals surface area contributed by atoms with Crippen LogP contribution < -0.4 is 10.2 Å². The molecule has 1 saturated heterocycles. The molecule has 1 aromatic heterocycles. The lowest BCUT2D eigenvalue weighted by Gasteiger charge is -2.32. The van der Waals surface area contributed by atoms with Crippen molar-refractivity contribution >= 4 is 12.6 Å². The predicted molar refractivity (Wildman–Crippen MR) is 80.6 cm³/mol. The van der Waals surface area contributed by atoms with Gasteiger partial charge in [-0.25, -0.2) is 9.97 Å². The van der Waals surface area contributed by atoms with Crippen LogP contribution in [0.1, 0.15) is 53.4 Å². The van der Waals surface area contributed by atoms with Crippen molar-refractivity contribution in [3.63, 3.8) is 0 Å². The van der Waals surface area contributed by atoms with Gasteiger partial charge in [0.25, 0.3) is 0 Å². The Balaban J connectivity index is 1.67. The molecule has 3 rings (SSSR count). The largest absolute Gasteiger partial charge is 0.498 e. The Labute approximate surface area is 126 Å². The molecular weight excluding hydrogens is 267 g/mol. The van der Waals surface area contributed by atoms with E-state index in [1.165, 1.54) is 12.8 Å². The van der Waals surface area contributed by atoms with Crippen LogP contribution in [0.15, 0.2) is 12.4 Å². The normalized spacial score (nSPS) is 24.5. The molecule has 21 heavy (non-hydrogen) atoms. The lowest BCUT2D eigenvalue weighted by atomic mass is 9.81. The molecular formula is C15H23BN2O3. The van der Waals surface area contributed by atoms with Crippen molar-refractivity contribution in [1.29, 1.82) is 0 Å². The molecule has 1 aliphatic heterocycles. The van der Waals surface area contributed by atoms with E-state index < -0.39 is 7.12 Å². The highest BCUT2D eigenvalue weighted by Crippen LogP contribution is 2.36. The average Bonchev–Trinajstić information content (AvgIpc) is 2.97. The summed E-state index contributed by atoms with van der Waals surface area (Å²) < 4.78 is 17.7. The smallest absolute Gasteiger partial charge is 0.460 e. The van der Waals surface area contributed by atoms with Gasteiger partial charge in [-0.15, -0.1) is 0 Å². The molecule has 1 aromatic rings. The van der Waals surface area contributed by atoms with E-state index in [2.05, 4.69) is 9.97 Å². The second-order valence-electron chi connectivity index (χ2n) is 6.91. The molecule has 6 heteroatoms. The third kappa shape index (κ3) is 2.92. The van der Waals surface area contributed by atoms with Crippen LogP contribution in [-0.4, -0.2) is 34.4 Å². The van der Waals surface area contributed by atoms with E-state index in [4.69, 9.17) is 14.0 Å². The SMILES string of the molecule is CC1(C)OB(c2cnc(OC3CCCC3)nc2)OC1(C)C. The Morgan fingerprint density at radius 2 is 1.57 bits per heavy atom. The summed E-state index contributed by atoms with van der Waals surface area (Å²) in [6.07, 6.45) is 8.41. The number of hydrogen-bond acceptors (Lipinski definition) is 5. The zero-order valence-corrected chi connectivity index (χ0v) is 13.3. The summed E-state index contributed by atoms with van der Waals surface area (Å²) >= 11 is 0. The summed E-state index contributed by atoms with van der Waals surface area (Å²) in [5.74, 6) is 0. The van der Waals surface area contributed by atoms with Crippen molar-refractivity contribution < 1.29 is 14.0 Å². The fourth-order valence-electron chi connectivity index (χ4n) is 2.64. The average molecular weight is 290 g/mol. The van der Waals surface area contributed by atoms with Crippen LogP contribution in [0.3, 0.4) is 0 Å². The lowest BCUT2D eigenvalue weighted by molar-refractivity contribution is 0.00578. The molecule has 0 unspecified atom stereocenters. The summed E-state index contributed by atoms with van der Waals surface area (Å²) in [5, 5.41) is 0. The number of aromatic nitrogens is 2. The predicted octanol–water partition coefficient (Wildman–Crippen LogP) is 2.10. The van der Waals surface area contributed by atoms with Gasteiger partial charge in [0.2, 0.25) is 0 Å². The summed E-state index contributed by atoms with van der Waals surface area (Å²) in [5.41, 5.74) is 0.125. The van der Waals surface area contributed by atoms with E-state index in [0.717, 1.165) is 18.3 Å². The topological polar surface area (TPSA) is 53.5 Å². The second kappa shape index (κ2) is 5.25. The first-order chi connectivity index (χ1) is 9.87. The van der Waals surface area contributed by atoms with Crippen LogP contribution >= 0.6 is 0 Å². The summed E-state index contributed by atoms with van der Waals surface area (Å²) in [6.45, 7) is 8.13. The molecule has 2 aliphatic rings. The van der Waals surface area contributed by atoms with E-state index >= 15 is 0 Å². The van der Waals surface area contributed by atoms with Crippen LogP contribution in [0.5, 0.6) is 6.01 Å². The molecule has 114 valence electrons. The highest BCUT2D eigenvalue weighted by Gasteiger charge is 2.51. The van der Waals surface area contributed by atoms with Gasteiger partial charge in [0, 0.05) is 17.9 Å². The molecule has 2 fully saturated rings. The molecule has 0 bridgehead atoms. The van der Waals surface area contributed by atoms with E-state index in [9.17, 15) is 0 Å². The quantitative estimate of drug-likeness (QED) is 0.798. The van der Waals surface area contributed by atoms with Crippen molar-refractivity contribution in [2.45, 2.75) is 70.7 Å². The summed E-state index contributed by atoms with van der Waals surface area (Å²) in [6, 6.07) is 0.446. The standard InChI is InChI=1S/C15H23BN2O3/c1-14(2)15(3,4)21-16(20-14)11-9-17-13(18-10-11)19-12-7-5-6-8-12/h9-10,12H,5-8H2,1-4H3. The van der Waals surface area contributed by atoms with Crippen LogP contribution in [0.4, 0.5) is 0 Å². The van der Waals surface area contributed by atoms with Crippen molar-refractivity contribution in [2.75, 3.05) is 0 Å². The lowest BCUT2D eigenvalue weighted by Crippen LogP contribution is -2.41. The van der Waals surface area contributed by atoms with Gasteiger partial charge in [-0.2, -0.15) is 0 Å². The molecule has 0 aromatic carbocycles. The Morgan fingerprint density at radius 1 is 1.05 bits per heavy atom. The van der Waals surface area contributed by atoms with E-state index in [0.29, 0.717) is 6.01 Å². The first-order valence-electron chi connectivity index (χ1n) is 7.72. The van der Waals surface area contributed by atoms with E-state index in [1.807, 2.05) is 27.7 Å². The minimum Gasteiger partial charge on any atom is -0.460 e. The fraction of sp³-hybridized carbons (Fsp3) is 0.733. The van der Waals surface area contributed by atoms with Gasteiger partial charge in [-0.1, -0.05) is 0 Å². The molecule has 2 heterocycles. The van der Waals surface area contributed by atoms with Gasteiger partial charge in [0.05, 0.1) is 11.2 Å². The van der Waals surface area contributed by atoms with Gasteiger partial charge in [0.1, 0.15) is 6.10 Å². The molecule has 0 N–H and O–H groups in total. The van der Waals surface area contributed by atoms with E-state index in [1.54, 1.807) is 12.4 Å². The summed E-state index contributed by atoms with van der Waals surface area (Å²) in [4.78, 5) is 8.58. The zero-order chi connectivity index (χ0) is 15.1. The minimum atomic E-state index is -0.421. The minimum absolute atomic E-state index is 0.271. The van der Waals surface area contributed by atoms with Crippen molar-refractivity contribution in [3.05, 3.63) is 12.4 Å². The number of rotatable bonds is 3. The molecule has 1 aliphatic carbocycles. The van der Waals surface area contributed by atoms with Gasteiger partial charge in [-0.3, -0.25) is 0 Å². The molecule has 0 radical (unpaired) electrons. The summed E-state index contributed by atoms with van der Waals surface area (Å²) in [7, 11) is -0.421. The second-order valence-corrected chi connectivity index (χ2v) is 6.91. The van der Waals surface area contributed by atoms with Crippen LogP contribution in [0, 0.1) is 0 Å². The van der Waals surface area contributed by atoms with Crippen molar-refractivity contribution in [3.8, 4) is 6.01 Å². The third-order valence-electron chi connectivity index (χ3n) is 4.75. The van der Waals surface area contributed by atoms with Crippen LogP contribution in [0.2, 0.25) is 0 Å². The fourth-order valence-corrected chi connectivity index (χ4v) is 2.64. The van der Waals surface area contributed by atoms with Gasteiger partial charge < -0.3 is 14.0 Å². The number of hydrogen-bond donors (Lipinski definition) is 0. The third-order valence-corrected chi connectivity index (χ3v) is 4.75. The molecule has 0 spiro atoms. The highest BCUT2D eigenvalue weighted by molar-refractivity contribution is 6.61. The Morgan fingerprint density at radius 3 is 2.10 bits per heavy atom. The van der Waals surface area contributed by atoms with Crippen LogP contribution in [-0.2, 0) is 9.31 Å². The van der Waals surface area contributed by atoms with Gasteiger partial charge in [0.15, 0.2) is 0 Å². The van der Waals surface area contributed by atoms with Crippen LogP contribution in [0.25, 0.3) is 0 Å². The zero-order valence-electron chi connectivity index (χ0n) is 13.3. The van der Waals surface area contributed by atoms with Gasteiger partial charge in [-0.05, 0) is 53.4 Å². The maximum absolute atomic E-state index is 5.98. The molecule has 0 amide bonds. The first-order valence-corrected chi connectivity index (χ1v) is 7.72. The molecule has 1 saturated carbocycles. The Kier molecular flexibility index (Phi) is 3.70. The first kappa shape index (κ1) is 14.8. The maximum Gasteiger partial charge on any atom is 0.498 e. The molecule has 0 atom stereocenters. The Hall–Kier alpha value is -1.14. The number of ether oxygens (including phenoxy) is 1. The Bertz CT molecular complexity index is 482.